The van der Waals surface area contributed by atoms with Crippen LogP contribution < -0.4 is 11.3 Å². The van der Waals surface area contributed by atoms with Crippen molar-refractivity contribution in [1.82, 2.24) is 24.5 Å². The van der Waals surface area contributed by atoms with Crippen molar-refractivity contribution in [3.05, 3.63) is 46.8 Å². The van der Waals surface area contributed by atoms with E-state index in [0.29, 0.717) is 17.7 Å². The molecule has 7 nitrogen and oxygen atoms in total. The molecule has 0 saturated carbocycles. The van der Waals surface area contributed by atoms with Gasteiger partial charge in [-0.2, -0.15) is 4.98 Å². The maximum absolute atomic E-state index is 11.6. The first-order valence-electron chi connectivity index (χ1n) is 5.33. The molecule has 7 heteroatoms. The molecule has 3 aromatic rings. The smallest absolute Gasteiger partial charge is 0.280 e. The van der Waals surface area contributed by atoms with Crippen LogP contribution >= 0.6 is 0 Å². The number of anilines is 1. The number of rotatable bonds is 2. The molecule has 0 spiro atoms. The molecular formula is C11H10N6O. The number of H-pyrrole nitrogens is 1. The number of nitrogens with one attached hydrogen (secondary N) is 1. The number of hydrogen-bond donors (Lipinski definition) is 2. The van der Waals surface area contributed by atoms with E-state index < -0.39 is 0 Å². The predicted molar refractivity (Wildman–Crippen MR) is 65.9 cm³/mol. The van der Waals surface area contributed by atoms with Crippen LogP contribution in [0.5, 0.6) is 0 Å². The highest BCUT2D eigenvalue weighted by Crippen LogP contribution is 2.09. The summed E-state index contributed by atoms with van der Waals surface area (Å²) in [6.45, 7) is 0.564. The summed E-state index contributed by atoms with van der Waals surface area (Å²) in [6.07, 6.45) is 5.00. The molecule has 18 heavy (non-hydrogen) atoms. The van der Waals surface area contributed by atoms with Crippen molar-refractivity contribution in [1.29, 1.82) is 0 Å². The zero-order valence-corrected chi connectivity index (χ0v) is 9.37. The summed E-state index contributed by atoms with van der Waals surface area (Å²) in [5, 5.41) is 0. The summed E-state index contributed by atoms with van der Waals surface area (Å²) >= 11 is 0. The average Bonchev–Trinajstić information content (AvgIpc) is 2.74. The fourth-order valence-corrected chi connectivity index (χ4v) is 1.77. The molecule has 0 bridgehead atoms. The van der Waals surface area contributed by atoms with Crippen LogP contribution in [0.15, 0.2) is 35.6 Å². The van der Waals surface area contributed by atoms with Crippen LogP contribution in [0.3, 0.4) is 0 Å². The summed E-state index contributed by atoms with van der Waals surface area (Å²) in [4.78, 5) is 26.1. The van der Waals surface area contributed by atoms with E-state index in [0.717, 1.165) is 5.56 Å². The first kappa shape index (κ1) is 10.5. The fourth-order valence-electron chi connectivity index (χ4n) is 1.77. The quantitative estimate of drug-likeness (QED) is 0.665. The van der Waals surface area contributed by atoms with Crippen LogP contribution in [0.2, 0.25) is 0 Å². The molecule has 0 radical (unpaired) electrons. The molecule has 0 amide bonds. The Balaban J connectivity index is 2.11. The Morgan fingerprint density at radius 2 is 2.11 bits per heavy atom. The zero-order valence-electron chi connectivity index (χ0n) is 9.37. The van der Waals surface area contributed by atoms with E-state index >= 15 is 0 Å². The van der Waals surface area contributed by atoms with Crippen LogP contribution in [0.25, 0.3) is 11.2 Å². The third-order valence-corrected chi connectivity index (χ3v) is 2.60. The average molecular weight is 242 g/mol. The van der Waals surface area contributed by atoms with Gasteiger partial charge < -0.3 is 10.3 Å². The lowest BCUT2D eigenvalue weighted by Gasteiger charge is -2.03. The minimum atomic E-state index is -0.328. The highest BCUT2D eigenvalue weighted by Gasteiger charge is 2.09. The van der Waals surface area contributed by atoms with Crippen molar-refractivity contribution in [3.8, 4) is 0 Å². The zero-order chi connectivity index (χ0) is 12.5. The molecule has 0 aliphatic carbocycles. The maximum atomic E-state index is 11.6. The van der Waals surface area contributed by atoms with E-state index in [4.69, 9.17) is 5.73 Å². The van der Waals surface area contributed by atoms with Crippen molar-refractivity contribution in [3.63, 3.8) is 0 Å². The summed E-state index contributed by atoms with van der Waals surface area (Å²) in [5.74, 6) is 0.0870. The number of nitrogens with zero attached hydrogens (tertiary/aromatic N) is 4. The molecule has 0 saturated heterocycles. The number of nitrogens with two attached hydrogens (primary N) is 1. The summed E-state index contributed by atoms with van der Waals surface area (Å²) < 4.78 is 1.77. The second-order valence-corrected chi connectivity index (χ2v) is 3.85. The van der Waals surface area contributed by atoms with Gasteiger partial charge in [-0.15, -0.1) is 0 Å². The highest BCUT2D eigenvalue weighted by atomic mass is 16.1. The first-order valence-corrected chi connectivity index (χ1v) is 5.33. The third kappa shape index (κ3) is 1.71. The molecule has 0 aliphatic heterocycles. The number of fused-ring (bicyclic) bond motifs is 1. The Hall–Kier alpha value is -2.70. The molecular weight excluding hydrogens is 232 g/mol. The third-order valence-electron chi connectivity index (χ3n) is 2.60. The monoisotopic (exact) mass is 242 g/mol. The van der Waals surface area contributed by atoms with Gasteiger partial charge in [0.1, 0.15) is 0 Å². The van der Waals surface area contributed by atoms with Crippen molar-refractivity contribution < 1.29 is 0 Å². The normalized spacial score (nSPS) is 10.9. The Kier molecular flexibility index (Phi) is 2.30. The number of nitrogen functional groups attached to an aromatic ring is 1. The van der Waals surface area contributed by atoms with Crippen LogP contribution in [0, 0.1) is 0 Å². The first-order chi connectivity index (χ1) is 8.74. The molecule has 90 valence electrons. The molecule has 3 heterocycles. The standard InChI is InChI=1S/C11H10N6O/c12-11-15-9-8(10(18)16-11)14-6-17(9)5-7-1-3-13-4-2-7/h1-4,6H,5H2,(H3,12,15,16,18). The van der Waals surface area contributed by atoms with Crippen molar-refractivity contribution >= 4 is 17.1 Å². The van der Waals surface area contributed by atoms with Crippen molar-refractivity contribution in [2.75, 3.05) is 5.73 Å². The van der Waals surface area contributed by atoms with Gasteiger partial charge in [-0.3, -0.25) is 14.8 Å². The number of aromatic nitrogens is 5. The van der Waals surface area contributed by atoms with E-state index in [1.54, 1.807) is 23.3 Å². The van der Waals surface area contributed by atoms with E-state index in [1.807, 2.05) is 12.1 Å². The molecule has 0 fully saturated rings. The SMILES string of the molecule is Nc1nc2c(ncn2Cc2ccncc2)c(=O)[nH]1. The highest BCUT2D eigenvalue weighted by molar-refractivity contribution is 5.70. The summed E-state index contributed by atoms with van der Waals surface area (Å²) in [7, 11) is 0. The van der Waals surface area contributed by atoms with E-state index in [9.17, 15) is 4.79 Å². The van der Waals surface area contributed by atoms with Crippen LogP contribution in [0.1, 0.15) is 5.56 Å². The molecule has 3 N–H and O–H groups in total. The molecule has 0 aliphatic rings. The van der Waals surface area contributed by atoms with Crippen LogP contribution in [-0.4, -0.2) is 24.5 Å². The largest absolute Gasteiger partial charge is 0.369 e. The molecule has 0 atom stereocenters. The Labute approximate surface area is 101 Å². The second kappa shape index (κ2) is 3.95. The van der Waals surface area contributed by atoms with Gasteiger partial charge in [0.05, 0.1) is 12.9 Å². The van der Waals surface area contributed by atoms with Crippen LogP contribution in [-0.2, 0) is 6.54 Å². The van der Waals surface area contributed by atoms with Gasteiger partial charge in [0, 0.05) is 12.4 Å². The molecule has 3 rings (SSSR count). The van der Waals surface area contributed by atoms with Gasteiger partial charge in [0.25, 0.3) is 5.56 Å². The van der Waals surface area contributed by atoms with Gasteiger partial charge in [-0.1, -0.05) is 0 Å². The van der Waals surface area contributed by atoms with Crippen molar-refractivity contribution in [2.45, 2.75) is 6.54 Å². The molecule has 3 aromatic heterocycles. The Morgan fingerprint density at radius 1 is 1.33 bits per heavy atom. The molecule has 0 unspecified atom stereocenters. The maximum Gasteiger partial charge on any atom is 0.280 e. The number of imidazole rings is 1. The minimum absolute atomic E-state index is 0.0870. The van der Waals surface area contributed by atoms with Gasteiger partial charge >= 0.3 is 0 Å². The Bertz CT molecular complexity index is 745. The number of pyridine rings is 1. The van der Waals surface area contributed by atoms with Crippen molar-refractivity contribution in [2.24, 2.45) is 0 Å². The van der Waals surface area contributed by atoms with Gasteiger partial charge in [-0.05, 0) is 17.7 Å². The van der Waals surface area contributed by atoms with E-state index in [1.165, 1.54) is 0 Å². The van der Waals surface area contributed by atoms with E-state index in [-0.39, 0.29) is 11.5 Å². The number of aromatic amines is 1. The molecule has 0 aromatic carbocycles. The summed E-state index contributed by atoms with van der Waals surface area (Å²) in [5.41, 5.74) is 7.02. The minimum Gasteiger partial charge on any atom is -0.369 e. The second-order valence-electron chi connectivity index (χ2n) is 3.85. The lowest BCUT2D eigenvalue weighted by atomic mass is 10.3. The topological polar surface area (TPSA) is 102 Å². The fraction of sp³-hybridized carbons (Fsp3) is 0.0909. The van der Waals surface area contributed by atoms with Gasteiger partial charge in [0.2, 0.25) is 5.95 Å². The predicted octanol–water partition coefficient (Wildman–Crippen LogP) is 0.145. The lowest BCUT2D eigenvalue weighted by Crippen LogP contribution is -2.12. The summed E-state index contributed by atoms with van der Waals surface area (Å²) in [6, 6.07) is 3.78. The van der Waals surface area contributed by atoms with Gasteiger partial charge in [-0.25, -0.2) is 4.98 Å². The Morgan fingerprint density at radius 3 is 2.89 bits per heavy atom. The van der Waals surface area contributed by atoms with E-state index in [2.05, 4.69) is 19.9 Å². The lowest BCUT2D eigenvalue weighted by molar-refractivity contribution is 0.812. The number of hydrogen-bond acceptors (Lipinski definition) is 5. The van der Waals surface area contributed by atoms with Crippen LogP contribution in [0.4, 0.5) is 5.95 Å². The van der Waals surface area contributed by atoms with Gasteiger partial charge in [0.15, 0.2) is 11.2 Å².